The number of hydrogen-bond acceptors (Lipinski definition) is 3. The van der Waals surface area contributed by atoms with Crippen molar-refractivity contribution in [2.75, 3.05) is 11.2 Å². The van der Waals surface area contributed by atoms with Gasteiger partial charge in [0.2, 0.25) is 0 Å². The standard InChI is InChI=1S/C23H17NO3S/c1-28-21-10-6-5-9-19(21)24-20(14-22(25)26)18-13-16(11-12-17(18)23(24)27)15-7-3-2-4-8-15/h2-14H,1H3,(H,25,26). The van der Waals surface area contributed by atoms with E-state index in [4.69, 9.17) is 0 Å². The number of benzene rings is 3. The Labute approximate surface area is 167 Å². The first-order valence-electron chi connectivity index (χ1n) is 8.72. The highest BCUT2D eigenvalue weighted by atomic mass is 32.2. The monoisotopic (exact) mass is 387 g/mol. The zero-order valence-corrected chi connectivity index (χ0v) is 15.9. The van der Waals surface area contributed by atoms with Crippen LogP contribution in [-0.2, 0) is 4.79 Å². The summed E-state index contributed by atoms with van der Waals surface area (Å²) in [5.41, 5.74) is 4.14. The molecule has 1 aliphatic heterocycles. The zero-order valence-electron chi connectivity index (χ0n) is 15.1. The maximum absolute atomic E-state index is 13.2. The molecule has 5 heteroatoms. The van der Waals surface area contributed by atoms with Crippen molar-refractivity contribution >= 4 is 35.0 Å². The number of nitrogens with zero attached hydrogens (tertiary/aromatic N) is 1. The number of carbonyl (C=O) groups excluding carboxylic acids is 1. The van der Waals surface area contributed by atoms with E-state index in [2.05, 4.69) is 0 Å². The summed E-state index contributed by atoms with van der Waals surface area (Å²) in [6.45, 7) is 0. The van der Waals surface area contributed by atoms with E-state index in [1.54, 1.807) is 6.07 Å². The number of aliphatic carboxylic acids is 1. The van der Waals surface area contributed by atoms with E-state index in [-0.39, 0.29) is 5.91 Å². The fourth-order valence-electron chi connectivity index (χ4n) is 3.42. The molecule has 0 aromatic heterocycles. The molecule has 0 bridgehead atoms. The molecule has 0 spiro atoms. The van der Waals surface area contributed by atoms with Crippen LogP contribution in [0.3, 0.4) is 0 Å². The van der Waals surface area contributed by atoms with Crippen LogP contribution in [0.2, 0.25) is 0 Å². The van der Waals surface area contributed by atoms with E-state index >= 15 is 0 Å². The molecular formula is C23H17NO3S. The van der Waals surface area contributed by atoms with Crippen LogP contribution in [0, 0.1) is 0 Å². The molecule has 0 radical (unpaired) electrons. The summed E-state index contributed by atoms with van der Waals surface area (Å²) < 4.78 is 0. The molecule has 138 valence electrons. The highest BCUT2D eigenvalue weighted by Crippen LogP contribution is 2.41. The number of carboxylic acid groups (broad SMARTS) is 1. The predicted octanol–water partition coefficient (Wildman–Crippen LogP) is 5.16. The van der Waals surface area contributed by atoms with Gasteiger partial charge in [-0.2, -0.15) is 0 Å². The van der Waals surface area contributed by atoms with Crippen molar-refractivity contribution in [2.45, 2.75) is 4.90 Å². The number of hydrogen-bond donors (Lipinski definition) is 1. The number of para-hydroxylation sites is 1. The Morgan fingerprint density at radius 3 is 2.36 bits per heavy atom. The van der Waals surface area contributed by atoms with Crippen LogP contribution in [0.15, 0.2) is 83.8 Å². The number of carboxylic acids is 1. The van der Waals surface area contributed by atoms with Crippen LogP contribution in [0.25, 0.3) is 16.8 Å². The van der Waals surface area contributed by atoms with Gasteiger partial charge in [-0.25, -0.2) is 4.79 Å². The summed E-state index contributed by atoms with van der Waals surface area (Å²) in [7, 11) is 0. The zero-order chi connectivity index (χ0) is 19.7. The first-order chi connectivity index (χ1) is 13.6. The van der Waals surface area contributed by atoms with Gasteiger partial charge in [-0.15, -0.1) is 11.8 Å². The average molecular weight is 387 g/mol. The molecule has 1 heterocycles. The quantitative estimate of drug-likeness (QED) is 0.496. The molecule has 1 N–H and O–H groups in total. The summed E-state index contributed by atoms with van der Waals surface area (Å²) in [5, 5.41) is 9.44. The van der Waals surface area contributed by atoms with Gasteiger partial charge in [0.05, 0.1) is 11.4 Å². The minimum atomic E-state index is -1.09. The summed E-state index contributed by atoms with van der Waals surface area (Å²) >= 11 is 1.52. The number of carbonyl (C=O) groups is 2. The Balaban J connectivity index is 1.90. The maximum atomic E-state index is 13.2. The molecule has 28 heavy (non-hydrogen) atoms. The van der Waals surface area contributed by atoms with Crippen molar-refractivity contribution in [3.05, 3.63) is 90.0 Å². The molecule has 0 saturated carbocycles. The SMILES string of the molecule is CSc1ccccc1N1C(=O)c2ccc(-c3ccccc3)cc2C1=CC(=O)O. The first kappa shape index (κ1) is 18.1. The van der Waals surface area contributed by atoms with Crippen LogP contribution in [0.5, 0.6) is 0 Å². The van der Waals surface area contributed by atoms with E-state index in [0.717, 1.165) is 22.1 Å². The summed E-state index contributed by atoms with van der Waals surface area (Å²) in [6, 6.07) is 22.9. The molecule has 1 aliphatic rings. The van der Waals surface area contributed by atoms with E-state index in [1.807, 2.05) is 73.0 Å². The molecular weight excluding hydrogens is 370 g/mol. The number of thioether (sulfide) groups is 1. The predicted molar refractivity (Wildman–Crippen MR) is 113 cm³/mol. The molecule has 0 saturated heterocycles. The third kappa shape index (κ3) is 3.10. The number of amides is 1. The van der Waals surface area contributed by atoms with Gasteiger partial charge in [0.15, 0.2) is 0 Å². The lowest BCUT2D eigenvalue weighted by atomic mass is 9.99. The molecule has 0 atom stereocenters. The molecule has 1 amide bonds. The molecule has 3 aromatic carbocycles. The third-order valence-corrected chi connectivity index (χ3v) is 5.45. The van der Waals surface area contributed by atoms with E-state index < -0.39 is 5.97 Å². The number of rotatable bonds is 4. The van der Waals surface area contributed by atoms with Gasteiger partial charge in [0, 0.05) is 22.1 Å². The number of fused-ring (bicyclic) bond motifs is 1. The topological polar surface area (TPSA) is 57.6 Å². The fraction of sp³-hybridized carbons (Fsp3) is 0.0435. The fourth-order valence-corrected chi connectivity index (χ4v) is 4.00. The van der Waals surface area contributed by atoms with Gasteiger partial charge >= 0.3 is 5.97 Å². The van der Waals surface area contributed by atoms with Crippen LogP contribution in [0.1, 0.15) is 15.9 Å². The third-order valence-electron chi connectivity index (χ3n) is 4.66. The van der Waals surface area contributed by atoms with Crippen molar-refractivity contribution in [1.29, 1.82) is 0 Å². The summed E-state index contributed by atoms with van der Waals surface area (Å²) in [5.74, 6) is -1.31. The Hall–Kier alpha value is -3.31. The molecule has 4 nitrogen and oxygen atoms in total. The second-order valence-corrected chi connectivity index (χ2v) is 7.15. The second kappa shape index (κ2) is 7.37. The average Bonchev–Trinajstić information content (AvgIpc) is 2.99. The Bertz CT molecular complexity index is 1110. The van der Waals surface area contributed by atoms with Gasteiger partial charge in [-0.1, -0.05) is 48.5 Å². The normalized spacial score (nSPS) is 14.4. The Morgan fingerprint density at radius 2 is 1.64 bits per heavy atom. The van der Waals surface area contributed by atoms with E-state index in [0.29, 0.717) is 22.5 Å². The summed E-state index contributed by atoms with van der Waals surface area (Å²) in [6.07, 6.45) is 3.04. The Morgan fingerprint density at radius 1 is 0.929 bits per heavy atom. The van der Waals surface area contributed by atoms with E-state index in [9.17, 15) is 14.7 Å². The highest BCUT2D eigenvalue weighted by Gasteiger charge is 2.35. The van der Waals surface area contributed by atoms with Crippen molar-refractivity contribution < 1.29 is 14.7 Å². The van der Waals surface area contributed by atoms with Gasteiger partial charge in [-0.3, -0.25) is 9.69 Å². The molecule has 0 unspecified atom stereocenters. The van der Waals surface area contributed by atoms with Gasteiger partial charge in [0.1, 0.15) is 0 Å². The highest BCUT2D eigenvalue weighted by molar-refractivity contribution is 7.98. The van der Waals surface area contributed by atoms with Crippen molar-refractivity contribution in [3.63, 3.8) is 0 Å². The lowest BCUT2D eigenvalue weighted by Gasteiger charge is -2.20. The van der Waals surface area contributed by atoms with E-state index in [1.165, 1.54) is 16.7 Å². The van der Waals surface area contributed by atoms with Crippen LogP contribution in [0.4, 0.5) is 5.69 Å². The lowest BCUT2D eigenvalue weighted by molar-refractivity contribution is -0.131. The number of anilines is 1. The first-order valence-corrected chi connectivity index (χ1v) is 9.94. The molecule has 0 aliphatic carbocycles. The van der Waals surface area contributed by atoms with Gasteiger partial charge < -0.3 is 5.11 Å². The largest absolute Gasteiger partial charge is 0.478 e. The van der Waals surface area contributed by atoms with Crippen LogP contribution < -0.4 is 4.90 Å². The van der Waals surface area contributed by atoms with Gasteiger partial charge in [-0.05, 0) is 41.6 Å². The maximum Gasteiger partial charge on any atom is 0.330 e. The minimum absolute atomic E-state index is 0.219. The van der Waals surface area contributed by atoms with Crippen molar-refractivity contribution in [1.82, 2.24) is 0 Å². The molecule has 4 rings (SSSR count). The minimum Gasteiger partial charge on any atom is -0.478 e. The summed E-state index contributed by atoms with van der Waals surface area (Å²) in [4.78, 5) is 27.1. The molecule has 3 aromatic rings. The van der Waals surface area contributed by atoms with Crippen LogP contribution >= 0.6 is 11.8 Å². The smallest absolute Gasteiger partial charge is 0.330 e. The Kier molecular flexibility index (Phi) is 4.75. The van der Waals surface area contributed by atoms with Crippen molar-refractivity contribution in [2.24, 2.45) is 0 Å². The van der Waals surface area contributed by atoms with Crippen molar-refractivity contribution in [3.8, 4) is 11.1 Å². The molecule has 0 fully saturated rings. The second-order valence-electron chi connectivity index (χ2n) is 6.31. The lowest BCUT2D eigenvalue weighted by Crippen LogP contribution is -2.23. The van der Waals surface area contributed by atoms with Gasteiger partial charge in [0.25, 0.3) is 5.91 Å². The van der Waals surface area contributed by atoms with Crippen LogP contribution in [-0.4, -0.2) is 23.2 Å².